The van der Waals surface area contributed by atoms with Crippen molar-refractivity contribution in [1.29, 1.82) is 0 Å². The van der Waals surface area contributed by atoms with Gasteiger partial charge in [0.15, 0.2) is 15.8 Å². The van der Waals surface area contributed by atoms with Gasteiger partial charge in [-0.3, -0.25) is 4.99 Å². The number of sulfone groups is 1. The highest BCUT2D eigenvalue weighted by Gasteiger charge is 2.30. The Kier molecular flexibility index (Phi) is 9.37. The van der Waals surface area contributed by atoms with Crippen LogP contribution in [-0.2, 0) is 16.3 Å². The number of nitrogens with zero attached hydrogens (tertiary/aromatic N) is 2. The fourth-order valence-corrected chi connectivity index (χ4v) is 1.97. The lowest BCUT2D eigenvalue weighted by Gasteiger charge is -2.24. The highest BCUT2D eigenvalue weighted by atomic mass is 127. The zero-order chi connectivity index (χ0) is 16.8. The third kappa shape index (κ3) is 7.67. The molecule has 0 aliphatic rings. The Morgan fingerprint density at radius 2 is 2.00 bits per heavy atom. The van der Waals surface area contributed by atoms with Crippen LogP contribution in [0.15, 0.2) is 23.3 Å². The first kappa shape index (κ1) is 22.4. The zero-order valence-electron chi connectivity index (χ0n) is 13.8. The van der Waals surface area contributed by atoms with Crippen LogP contribution in [0.1, 0.15) is 19.4 Å². The maximum absolute atomic E-state index is 11.7. The molecule has 6 nitrogen and oxygen atoms in total. The molecule has 0 saturated heterocycles. The molecular formula is C14H24ClIN4O2S. The number of aliphatic imine (C=N–C) groups is 1. The lowest BCUT2D eigenvalue weighted by Crippen LogP contribution is -2.48. The summed E-state index contributed by atoms with van der Waals surface area (Å²) in [5.74, 6) is 0.568. The Hall–Kier alpha value is -0.610. The molecule has 23 heavy (non-hydrogen) atoms. The van der Waals surface area contributed by atoms with Crippen molar-refractivity contribution in [2.75, 3.05) is 26.4 Å². The minimum Gasteiger partial charge on any atom is -0.356 e. The number of aromatic nitrogens is 1. The normalized spacial score (nSPS) is 12.5. The molecule has 0 aliphatic heterocycles. The molecule has 0 aliphatic carbocycles. The Morgan fingerprint density at radius 1 is 1.35 bits per heavy atom. The van der Waals surface area contributed by atoms with E-state index in [0.717, 1.165) is 12.0 Å². The van der Waals surface area contributed by atoms with E-state index in [9.17, 15) is 8.42 Å². The number of halogens is 2. The number of rotatable bonds is 6. The predicted molar refractivity (Wildman–Crippen MR) is 107 cm³/mol. The minimum atomic E-state index is -3.14. The summed E-state index contributed by atoms with van der Waals surface area (Å²) in [5.41, 5.74) is 1.06. The van der Waals surface area contributed by atoms with Gasteiger partial charge in [-0.05, 0) is 31.9 Å². The highest BCUT2D eigenvalue weighted by Crippen LogP contribution is 2.13. The van der Waals surface area contributed by atoms with Gasteiger partial charge in [-0.15, -0.1) is 24.0 Å². The van der Waals surface area contributed by atoms with E-state index in [0.29, 0.717) is 17.7 Å². The van der Waals surface area contributed by atoms with Crippen molar-refractivity contribution in [3.8, 4) is 0 Å². The summed E-state index contributed by atoms with van der Waals surface area (Å²) in [7, 11) is -1.49. The monoisotopic (exact) mass is 474 g/mol. The van der Waals surface area contributed by atoms with Gasteiger partial charge >= 0.3 is 0 Å². The molecule has 1 heterocycles. The number of guanidine groups is 1. The van der Waals surface area contributed by atoms with E-state index in [1.54, 1.807) is 33.2 Å². The topological polar surface area (TPSA) is 83.4 Å². The van der Waals surface area contributed by atoms with Gasteiger partial charge in [-0.1, -0.05) is 17.7 Å². The van der Waals surface area contributed by atoms with Crippen LogP contribution in [-0.4, -0.2) is 50.5 Å². The first-order chi connectivity index (χ1) is 10.2. The lowest BCUT2D eigenvalue weighted by atomic mass is 10.2. The molecule has 0 spiro atoms. The van der Waals surface area contributed by atoms with Crippen molar-refractivity contribution in [2.24, 2.45) is 4.99 Å². The molecule has 0 fully saturated rings. The number of pyridine rings is 1. The van der Waals surface area contributed by atoms with E-state index in [2.05, 4.69) is 20.6 Å². The van der Waals surface area contributed by atoms with Crippen molar-refractivity contribution in [3.05, 3.63) is 29.0 Å². The van der Waals surface area contributed by atoms with Crippen LogP contribution < -0.4 is 10.6 Å². The maximum Gasteiger partial charge on any atom is 0.191 e. The van der Waals surface area contributed by atoms with Gasteiger partial charge in [-0.2, -0.15) is 0 Å². The minimum absolute atomic E-state index is 0. The predicted octanol–water partition coefficient (Wildman–Crippen LogP) is 1.88. The second-order valence-corrected chi connectivity index (χ2v) is 8.66. The van der Waals surface area contributed by atoms with Gasteiger partial charge in [0.25, 0.3) is 0 Å². The molecule has 1 aromatic rings. The summed E-state index contributed by atoms with van der Waals surface area (Å²) in [6.45, 7) is 4.31. The maximum atomic E-state index is 11.7. The Morgan fingerprint density at radius 3 is 2.48 bits per heavy atom. The molecule has 132 valence electrons. The molecule has 1 aromatic heterocycles. The summed E-state index contributed by atoms with van der Waals surface area (Å²) >= 11 is 5.73. The second kappa shape index (κ2) is 9.63. The van der Waals surface area contributed by atoms with E-state index in [1.165, 1.54) is 6.26 Å². The van der Waals surface area contributed by atoms with Gasteiger partial charge in [-0.25, -0.2) is 13.4 Å². The molecular weight excluding hydrogens is 451 g/mol. The first-order valence-electron chi connectivity index (χ1n) is 6.90. The summed E-state index contributed by atoms with van der Waals surface area (Å²) < 4.78 is 22.5. The van der Waals surface area contributed by atoms with Crippen molar-refractivity contribution >= 4 is 51.4 Å². The average molecular weight is 475 g/mol. The van der Waals surface area contributed by atoms with E-state index in [4.69, 9.17) is 11.6 Å². The highest BCUT2D eigenvalue weighted by molar-refractivity contribution is 14.0. The molecule has 0 aromatic carbocycles. The summed E-state index contributed by atoms with van der Waals surface area (Å²) in [5, 5.41) is 6.64. The quantitative estimate of drug-likeness (QED) is 0.285. The van der Waals surface area contributed by atoms with Crippen molar-refractivity contribution in [3.63, 3.8) is 0 Å². The van der Waals surface area contributed by atoms with Crippen LogP contribution in [0.5, 0.6) is 0 Å². The Balaban J connectivity index is 0.00000484. The SMILES string of the molecule is CN=C(NCCc1ccc(Cl)nc1)NCC(C)(C)S(C)(=O)=O.I. The van der Waals surface area contributed by atoms with E-state index in [1.807, 2.05) is 6.07 Å². The van der Waals surface area contributed by atoms with Crippen molar-refractivity contribution in [2.45, 2.75) is 25.0 Å². The molecule has 2 N–H and O–H groups in total. The molecule has 0 amide bonds. The zero-order valence-corrected chi connectivity index (χ0v) is 17.7. The van der Waals surface area contributed by atoms with Gasteiger partial charge < -0.3 is 10.6 Å². The van der Waals surface area contributed by atoms with Crippen molar-refractivity contribution in [1.82, 2.24) is 15.6 Å². The molecule has 1 rings (SSSR count). The molecule has 0 unspecified atom stereocenters. The second-order valence-electron chi connectivity index (χ2n) is 5.62. The largest absolute Gasteiger partial charge is 0.356 e. The third-order valence-electron chi connectivity index (χ3n) is 3.40. The van der Waals surface area contributed by atoms with E-state index in [-0.39, 0.29) is 30.5 Å². The van der Waals surface area contributed by atoms with Crippen LogP contribution in [0.25, 0.3) is 0 Å². The first-order valence-corrected chi connectivity index (χ1v) is 9.17. The Bertz CT molecular complexity index is 618. The number of nitrogens with one attached hydrogen (secondary N) is 2. The fraction of sp³-hybridized carbons (Fsp3) is 0.571. The lowest BCUT2D eigenvalue weighted by molar-refractivity contribution is 0.544. The van der Waals surface area contributed by atoms with Gasteiger partial charge in [0.05, 0.1) is 4.75 Å². The summed E-state index contributed by atoms with van der Waals surface area (Å²) in [6.07, 6.45) is 3.73. The summed E-state index contributed by atoms with van der Waals surface area (Å²) in [4.78, 5) is 8.10. The fourth-order valence-electron chi connectivity index (χ4n) is 1.53. The molecule has 0 saturated carbocycles. The van der Waals surface area contributed by atoms with Crippen LogP contribution in [0, 0.1) is 0 Å². The van der Waals surface area contributed by atoms with Gasteiger partial charge in [0, 0.05) is 32.6 Å². The van der Waals surface area contributed by atoms with Crippen LogP contribution in [0.4, 0.5) is 0 Å². The average Bonchev–Trinajstić information content (AvgIpc) is 2.43. The molecule has 0 radical (unpaired) electrons. The van der Waals surface area contributed by atoms with Crippen LogP contribution in [0.3, 0.4) is 0 Å². The number of hydrogen-bond donors (Lipinski definition) is 2. The van der Waals surface area contributed by atoms with E-state index < -0.39 is 14.6 Å². The standard InChI is InChI=1S/C14H23ClN4O2S.HI/c1-14(2,22(4,20)21)10-19-13(16-3)17-8-7-11-5-6-12(15)18-9-11;/h5-6,9H,7-8,10H2,1-4H3,(H2,16,17,19);1H. The van der Waals surface area contributed by atoms with Gasteiger partial charge in [0.2, 0.25) is 0 Å². The van der Waals surface area contributed by atoms with E-state index >= 15 is 0 Å². The van der Waals surface area contributed by atoms with Crippen molar-refractivity contribution < 1.29 is 8.42 Å². The van der Waals surface area contributed by atoms with Crippen LogP contribution >= 0.6 is 35.6 Å². The van der Waals surface area contributed by atoms with Crippen LogP contribution in [0.2, 0.25) is 5.15 Å². The number of hydrogen-bond acceptors (Lipinski definition) is 4. The Labute approximate surface area is 160 Å². The summed E-state index contributed by atoms with van der Waals surface area (Å²) in [6, 6.07) is 3.67. The smallest absolute Gasteiger partial charge is 0.191 e. The molecule has 0 atom stereocenters. The molecule has 0 bridgehead atoms. The molecule has 9 heteroatoms. The third-order valence-corrected chi connectivity index (χ3v) is 5.78. The van der Waals surface area contributed by atoms with Gasteiger partial charge in [0.1, 0.15) is 5.15 Å².